The zero-order valence-electron chi connectivity index (χ0n) is 9.26. The Hall–Kier alpha value is -0.950. The van der Waals surface area contributed by atoms with Crippen LogP contribution in [0.3, 0.4) is 0 Å². The number of halogens is 1. The van der Waals surface area contributed by atoms with Gasteiger partial charge >= 0.3 is 0 Å². The van der Waals surface area contributed by atoms with Crippen molar-refractivity contribution in [3.63, 3.8) is 0 Å². The molecule has 0 saturated carbocycles. The van der Waals surface area contributed by atoms with Gasteiger partial charge in [0, 0.05) is 48.9 Å². The van der Waals surface area contributed by atoms with Crippen LogP contribution in [0.25, 0.3) is 11.4 Å². The number of aryl methyl sites for hydroxylation is 1. The van der Waals surface area contributed by atoms with E-state index in [0.29, 0.717) is 0 Å². The monoisotopic (exact) mass is 328 g/mol. The van der Waals surface area contributed by atoms with Crippen LogP contribution in [-0.2, 0) is 13.6 Å². The van der Waals surface area contributed by atoms with E-state index in [4.69, 9.17) is 0 Å². The molecule has 0 aliphatic rings. The smallest absolute Gasteiger partial charge is 0.107 e. The summed E-state index contributed by atoms with van der Waals surface area (Å²) in [5.41, 5.74) is 3.08. The van der Waals surface area contributed by atoms with E-state index in [1.54, 1.807) is 12.5 Å². The third-order valence-electron chi connectivity index (χ3n) is 2.23. The van der Waals surface area contributed by atoms with Gasteiger partial charge in [-0.05, 0) is 18.7 Å². The van der Waals surface area contributed by atoms with Crippen LogP contribution in [0, 0.1) is 0 Å². The first-order valence-corrected chi connectivity index (χ1v) is 5.92. The lowest BCUT2D eigenvalue weighted by molar-refractivity contribution is 0.610. The van der Waals surface area contributed by atoms with Gasteiger partial charge in [-0.3, -0.25) is 4.98 Å². The third kappa shape index (κ3) is 2.59. The molecule has 0 aromatic carbocycles. The third-order valence-corrected chi connectivity index (χ3v) is 2.57. The van der Waals surface area contributed by atoms with Crippen molar-refractivity contribution < 1.29 is 0 Å². The second-order valence-corrected chi connectivity index (χ2v) is 5.35. The van der Waals surface area contributed by atoms with Gasteiger partial charge in [-0.1, -0.05) is 6.07 Å². The van der Waals surface area contributed by atoms with Crippen molar-refractivity contribution in [2.24, 2.45) is 7.05 Å². The van der Waals surface area contributed by atoms with Crippen molar-refractivity contribution in [1.29, 1.82) is 0 Å². The minimum atomic E-state index is 0.861. The Labute approximate surface area is 109 Å². The fourth-order valence-corrected chi connectivity index (χ4v) is 1.93. The van der Waals surface area contributed by atoms with Gasteiger partial charge in [0.15, 0.2) is 0 Å². The molecule has 2 aromatic rings. The van der Waals surface area contributed by atoms with Crippen LogP contribution >= 0.6 is 22.9 Å². The Morgan fingerprint density at radius 1 is 1.44 bits per heavy atom. The SMILES string of the molecule is CN(I)Cc1cccnc1-c1cn(C)cn1. The van der Waals surface area contributed by atoms with Crippen molar-refractivity contribution in [2.45, 2.75) is 6.54 Å². The highest BCUT2D eigenvalue weighted by Crippen LogP contribution is 2.20. The lowest BCUT2D eigenvalue weighted by Gasteiger charge is -2.10. The highest BCUT2D eigenvalue weighted by molar-refractivity contribution is 14.1. The quantitative estimate of drug-likeness (QED) is 0.640. The molecule has 0 aliphatic heterocycles. The molecule has 0 aliphatic carbocycles. The molecular weight excluding hydrogens is 315 g/mol. The van der Waals surface area contributed by atoms with E-state index in [1.165, 1.54) is 5.56 Å². The van der Waals surface area contributed by atoms with Crippen LogP contribution in [-0.4, -0.2) is 24.7 Å². The summed E-state index contributed by atoms with van der Waals surface area (Å²) in [7, 11) is 4.00. The fourth-order valence-electron chi connectivity index (χ4n) is 1.57. The molecule has 0 bridgehead atoms. The van der Waals surface area contributed by atoms with E-state index in [1.807, 2.05) is 30.9 Å². The maximum atomic E-state index is 4.41. The number of hydrogen-bond acceptors (Lipinski definition) is 3. The zero-order valence-corrected chi connectivity index (χ0v) is 11.4. The number of pyridine rings is 1. The first-order valence-electron chi connectivity index (χ1n) is 4.96. The average Bonchev–Trinajstić information content (AvgIpc) is 2.65. The number of hydrogen-bond donors (Lipinski definition) is 0. The van der Waals surface area contributed by atoms with Crippen LogP contribution in [0.1, 0.15) is 5.56 Å². The molecule has 0 atom stereocenters. The summed E-state index contributed by atoms with van der Waals surface area (Å²) in [6.07, 6.45) is 5.58. The standard InChI is InChI=1S/C11H13IN4/c1-15-7-10(14-8-15)11-9(6-16(2)12)4-3-5-13-11/h3-5,7-8H,6H2,1-2H3. The molecule has 16 heavy (non-hydrogen) atoms. The summed E-state index contributed by atoms with van der Waals surface area (Å²) in [6.45, 7) is 0.861. The summed E-state index contributed by atoms with van der Waals surface area (Å²) in [6, 6.07) is 4.05. The molecule has 0 unspecified atom stereocenters. The predicted molar refractivity (Wildman–Crippen MR) is 71.9 cm³/mol. The number of rotatable bonds is 3. The van der Waals surface area contributed by atoms with Crippen LogP contribution in [0.2, 0.25) is 0 Å². The largest absolute Gasteiger partial charge is 0.340 e. The van der Waals surface area contributed by atoms with Gasteiger partial charge in [0.05, 0.1) is 12.0 Å². The van der Waals surface area contributed by atoms with E-state index >= 15 is 0 Å². The minimum absolute atomic E-state index is 0.861. The lowest BCUT2D eigenvalue weighted by Crippen LogP contribution is -2.05. The summed E-state index contributed by atoms with van der Waals surface area (Å²) in [5.74, 6) is 0. The molecule has 2 aromatic heterocycles. The summed E-state index contributed by atoms with van der Waals surface area (Å²) in [4.78, 5) is 8.74. The topological polar surface area (TPSA) is 34.0 Å². The van der Waals surface area contributed by atoms with Crippen molar-refractivity contribution in [3.05, 3.63) is 36.4 Å². The highest BCUT2D eigenvalue weighted by Gasteiger charge is 2.09. The molecule has 0 amide bonds. The molecule has 0 fully saturated rings. The van der Waals surface area contributed by atoms with E-state index in [0.717, 1.165) is 17.9 Å². The Morgan fingerprint density at radius 2 is 2.25 bits per heavy atom. The van der Waals surface area contributed by atoms with Crippen molar-refractivity contribution in [2.75, 3.05) is 7.05 Å². The van der Waals surface area contributed by atoms with Crippen LogP contribution in [0.5, 0.6) is 0 Å². The van der Waals surface area contributed by atoms with Gasteiger partial charge in [-0.2, -0.15) is 0 Å². The molecule has 84 valence electrons. The van der Waals surface area contributed by atoms with Gasteiger partial charge in [-0.25, -0.2) is 8.10 Å². The summed E-state index contributed by atoms with van der Waals surface area (Å²) in [5, 5.41) is 0. The van der Waals surface area contributed by atoms with Gasteiger partial charge in [-0.15, -0.1) is 0 Å². The van der Waals surface area contributed by atoms with Crippen molar-refractivity contribution >= 4 is 22.9 Å². The number of nitrogens with zero attached hydrogens (tertiary/aromatic N) is 4. The Balaban J connectivity index is 2.40. The van der Waals surface area contributed by atoms with Gasteiger partial charge < -0.3 is 4.57 Å². The molecule has 2 rings (SSSR count). The molecule has 0 saturated heterocycles. The minimum Gasteiger partial charge on any atom is -0.340 e. The summed E-state index contributed by atoms with van der Waals surface area (Å²) >= 11 is 2.27. The van der Waals surface area contributed by atoms with Crippen LogP contribution in [0.15, 0.2) is 30.9 Å². The molecule has 5 heteroatoms. The van der Waals surface area contributed by atoms with E-state index in [9.17, 15) is 0 Å². The van der Waals surface area contributed by atoms with Gasteiger partial charge in [0.2, 0.25) is 0 Å². The Morgan fingerprint density at radius 3 is 2.88 bits per heavy atom. The van der Waals surface area contributed by atoms with Crippen molar-refractivity contribution in [3.8, 4) is 11.4 Å². The molecule has 4 nitrogen and oxygen atoms in total. The van der Waals surface area contributed by atoms with E-state index in [2.05, 4.69) is 42.0 Å². The fraction of sp³-hybridized carbons (Fsp3) is 0.273. The van der Waals surface area contributed by atoms with Gasteiger partial charge in [0.1, 0.15) is 5.69 Å². The molecule has 0 radical (unpaired) electrons. The lowest BCUT2D eigenvalue weighted by atomic mass is 10.1. The summed E-state index contributed by atoms with van der Waals surface area (Å²) < 4.78 is 4.03. The maximum absolute atomic E-state index is 4.41. The predicted octanol–water partition coefficient (Wildman–Crippen LogP) is 2.26. The number of aromatic nitrogens is 3. The van der Waals surface area contributed by atoms with E-state index in [-0.39, 0.29) is 0 Å². The maximum Gasteiger partial charge on any atom is 0.107 e. The average molecular weight is 328 g/mol. The zero-order chi connectivity index (χ0) is 11.5. The van der Waals surface area contributed by atoms with Gasteiger partial charge in [0.25, 0.3) is 0 Å². The molecular formula is C11H13IN4. The second kappa shape index (κ2) is 4.92. The Bertz CT molecular complexity index is 478. The first kappa shape index (κ1) is 11.5. The Kier molecular flexibility index (Phi) is 3.55. The van der Waals surface area contributed by atoms with Crippen LogP contribution < -0.4 is 0 Å². The highest BCUT2D eigenvalue weighted by atomic mass is 127. The van der Waals surface area contributed by atoms with E-state index < -0.39 is 0 Å². The van der Waals surface area contributed by atoms with Crippen molar-refractivity contribution in [1.82, 2.24) is 17.6 Å². The van der Waals surface area contributed by atoms with Crippen LogP contribution in [0.4, 0.5) is 0 Å². The first-order chi connectivity index (χ1) is 7.66. The number of imidazole rings is 1. The molecule has 2 heterocycles. The molecule has 0 spiro atoms. The molecule has 0 N–H and O–H groups in total. The normalized spacial score (nSPS) is 11.0. The second-order valence-electron chi connectivity index (χ2n) is 3.70.